The van der Waals surface area contributed by atoms with Crippen LogP contribution in [-0.4, -0.2) is 32.5 Å². The molecule has 4 N–H and O–H groups in total. The molecule has 1 aromatic heterocycles. The molecule has 0 radical (unpaired) electrons. The predicted molar refractivity (Wildman–Crippen MR) is 75.0 cm³/mol. The van der Waals surface area contributed by atoms with E-state index in [9.17, 15) is 24.3 Å². The number of aromatic amines is 2. The van der Waals surface area contributed by atoms with Crippen LogP contribution in [0, 0.1) is 5.41 Å². The van der Waals surface area contributed by atoms with E-state index in [1.54, 1.807) is 13.8 Å². The van der Waals surface area contributed by atoms with E-state index >= 15 is 0 Å². The maximum atomic E-state index is 12.0. The van der Waals surface area contributed by atoms with E-state index in [0.717, 1.165) is 6.07 Å². The molecule has 0 aromatic carbocycles. The zero-order valence-corrected chi connectivity index (χ0v) is 12.4. The molecular weight excluding hydrogens is 278 g/mol. The van der Waals surface area contributed by atoms with Gasteiger partial charge in [-0.1, -0.05) is 0 Å². The summed E-state index contributed by atoms with van der Waals surface area (Å²) in [4.78, 5) is 49.8. The second-order valence-corrected chi connectivity index (χ2v) is 5.89. The molecule has 0 aliphatic heterocycles. The summed E-state index contributed by atoms with van der Waals surface area (Å²) in [5.41, 5.74) is -3.35. The quantitative estimate of drug-likeness (QED) is 0.587. The summed E-state index contributed by atoms with van der Waals surface area (Å²) in [7, 11) is 0. The third-order valence-electron chi connectivity index (χ3n) is 3.72. The van der Waals surface area contributed by atoms with Crippen LogP contribution < -0.4 is 16.6 Å². The van der Waals surface area contributed by atoms with Gasteiger partial charge in [-0.05, 0) is 27.7 Å². The van der Waals surface area contributed by atoms with Gasteiger partial charge in [0, 0.05) is 17.3 Å². The van der Waals surface area contributed by atoms with Gasteiger partial charge < -0.3 is 15.4 Å². The lowest BCUT2D eigenvalue weighted by atomic mass is 9.74. The Bertz CT molecular complexity index is 641. The van der Waals surface area contributed by atoms with Gasteiger partial charge in [-0.15, -0.1) is 0 Å². The van der Waals surface area contributed by atoms with Crippen LogP contribution in [0.4, 0.5) is 0 Å². The molecule has 0 unspecified atom stereocenters. The van der Waals surface area contributed by atoms with Gasteiger partial charge in [0.2, 0.25) is 5.91 Å². The van der Waals surface area contributed by atoms with Crippen LogP contribution in [0.3, 0.4) is 0 Å². The fourth-order valence-electron chi connectivity index (χ4n) is 1.60. The molecule has 8 nitrogen and oxygen atoms in total. The molecule has 0 saturated carbocycles. The number of amides is 1. The highest BCUT2D eigenvalue weighted by atomic mass is 16.4. The average Bonchev–Trinajstić information content (AvgIpc) is 2.25. The van der Waals surface area contributed by atoms with Crippen molar-refractivity contribution >= 4 is 11.9 Å². The summed E-state index contributed by atoms with van der Waals surface area (Å²) in [5.74, 6) is -1.53. The molecule has 1 rings (SSSR count). The Labute approximate surface area is 120 Å². The Hall–Kier alpha value is -2.38. The number of aliphatic carboxylic acids is 1. The highest BCUT2D eigenvalue weighted by Gasteiger charge is 2.44. The predicted octanol–water partition coefficient (Wildman–Crippen LogP) is -0.389. The number of H-pyrrole nitrogens is 2. The summed E-state index contributed by atoms with van der Waals surface area (Å²) in [6.07, 6.45) is -0.224. The van der Waals surface area contributed by atoms with Crippen molar-refractivity contribution < 1.29 is 14.7 Å². The first-order chi connectivity index (χ1) is 9.45. The molecule has 21 heavy (non-hydrogen) atoms. The van der Waals surface area contributed by atoms with E-state index in [2.05, 4.69) is 10.3 Å². The van der Waals surface area contributed by atoms with Gasteiger partial charge in [0.15, 0.2) is 0 Å². The SMILES string of the molecule is CC(C)(NC(=O)Cc1cc(=O)[nH]c(=O)[nH]1)C(C)(C)C(=O)O. The third kappa shape index (κ3) is 3.80. The number of carboxylic acid groups (broad SMARTS) is 1. The molecule has 8 heteroatoms. The first kappa shape index (κ1) is 16.7. The number of nitrogens with one attached hydrogen (secondary N) is 3. The summed E-state index contributed by atoms with van der Waals surface area (Å²) in [5, 5.41) is 11.8. The minimum Gasteiger partial charge on any atom is -0.481 e. The minimum absolute atomic E-state index is 0.158. The lowest BCUT2D eigenvalue weighted by Crippen LogP contribution is -2.57. The number of carbonyl (C=O) groups is 2. The largest absolute Gasteiger partial charge is 0.481 e. The molecule has 0 bridgehead atoms. The van der Waals surface area contributed by atoms with Crippen molar-refractivity contribution in [2.75, 3.05) is 0 Å². The van der Waals surface area contributed by atoms with Crippen molar-refractivity contribution in [2.45, 2.75) is 39.7 Å². The van der Waals surface area contributed by atoms with E-state index in [-0.39, 0.29) is 12.1 Å². The fraction of sp³-hybridized carbons (Fsp3) is 0.538. The first-order valence-electron chi connectivity index (χ1n) is 6.32. The number of hydrogen-bond donors (Lipinski definition) is 4. The fourth-order valence-corrected chi connectivity index (χ4v) is 1.60. The second kappa shape index (κ2) is 5.55. The van der Waals surface area contributed by atoms with Gasteiger partial charge in [-0.3, -0.25) is 19.4 Å². The average molecular weight is 297 g/mol. The Morgan fingerprint density at radius 3 is 2.24 bits per heavy atom. The smallest absolute Gasteiger partial charge is 0.325 e. The van der Waals surface area contributed by atoms with Crippen LogP contribution in [0.1, 0.15) is 33.4 Å². The Morgan fingerprint density at radius 1 is 1.19 bits per heavy atom. The van der Waals surface area contributed by atoms with Crippen molar-refractivity contribution in [1.29, 1.82) is 0 Å². The van der Waals surface area contributed by atoms with Crippen molar-refractivity contribution in [2.24, 2.45) is 5.41 Å². The molecule has 0 spiro atoms. The van der Waals surface area contributed by atoms with E-state index in [1.165, 1.54) is 13.8 Å². The maximum Gasteiger partial charge on any atom is 0.325 e. The molecule has 0 atom stereocenters. The minimum atomic E-state index is -1.19. The lowest BCUT2D eigenvalue weighted by molar-refractivity contribution is -0.151. The lowest BCUT2D eigenvalue weighted by Gasteiger charge is -2.38. The molecule has 116 valence electrons. The van der Waals surface area contributed by atoms with Gasteiger partial charge >= 0.3 is 11.7 Å². The highest BCUT2D eigenvalue weighted by molar-refractivity contribution is 5.81. The van der Waals surface area contributed by atoms with Gasteiger partial charge in [0.05, 0.1) is 11.8 Å². The zero-order valence-electron chi connectivity index (χ0n) is 12.4. The molecule has 0 fully saturated rings. The summed E-state index contributed by atoms with van der Waals surface area (Å²) >= 11 is 0. The third-order valence-corrected chi connectivity index (χ3v) is 3.72. The number of carboxylic acids is 1. The van der Waals surface area contributed by atoms with Crippen LogP contribution in [0.2, 0.25) is 0 Å². The van der Waals surface area contributed by atoms with Gasteiger partial charge in [-0.2, -0.15) is 0 Å². The molecule has 1 heterocycles. The van der Waals surface area contributed by atoms with E-state index < -0.39 is 34.1 Å². The van der Waals surface area contributed by atoms with Gasteiger partial charge in [-0.25, -0.2) is 4.79 Å². The van der Waals surface area contributed by atoms with E-state index in [4.69, 9.17) is 0 Å². The Morgan fingerprint density at radius 2 is 1.76 bits per heavy atom. The number of aromatic nitrogens is 2. The number of rotatable bonds is 5. The van der Waals surface area contributed by atoms with Crippen molar-refractivity contribution in [3.05, 3.63) is 32.6 Å². The number of hydrogen-bond acceptors (Lipinski definition) is 4. The topological polar surface area (TPSA) is 132 Å². The summed E-state index contributed by atoms with van der Waals surface area (Å²) in [6, 6.07) is 1.11. The van der Waals surface area contributed by atoms with Gasteiger partial charge in [0.1, 0.15) is 0 Å². The molecule has 0 aliphatic carbocycles. The zero-order chi connectivity index (χ0) is 16.4. The van der Waals surface area contributed by atoms with Crippen molar-refractivity contribution in [3.63, 3.8) is 0 Å². The van der Waals surface area contributed by atoms with E-state index in [0.29, 0.717) is 0 Å². The molecular formula is C13H19N3O5. The normalized spacial score (nSPS) is 12.0. The Balaban J connectivity index is 2.89. The molecule has 1 aromatic rings. The summed E-state index contributed by atoms with van der Waals surface area (Å²) < 4.78 is 0. The highest BCUT2D eigenvalue weighted by Crippen LogP contribution is 2.30. The molecule has 0 aliphatic rings. The van der Waals surface area contributed by atoms with Crippen LogP contribution in [0.5, 0.6) is 0 Å². The van der Waals surface area contributed by atoms with Crippen LogP contribution >= 0.6 is 0 Å². The van der Waals surface area contributed by atoms with Crippen LogP contribution in [0.25, 0.3) is 0 Å². The monoisotopic (exact) mass is 297 g/mol. The molecule has 1 amide bonds. The Kier molecular flexibility index (Phi) is 4.40. The summed E-state index contributed by atoms with van der Waals surface area (Å²) in [6.45, 7) is 6.20. The van der Waals surface area contributed by atoms with E-state index in [1.807, 2.05) is 4.98 Å². The number of carbonyl (C=O) groups excluding carboxylic acids is 1. The first-order valence-corrected chi connectivity index (χ1v) is 6.32. The van der Waals surface area contributed by atoms with Crippen LogP contribution in [0.15, 0.2) is 15.7 Å². The van der Waals surface area contributed by atoms with Gasteiger partial charge in [0.25, 0.3) is 5.56 Å². The van der Waals surface area contributed by atoms with Crippen molar-refractivity contribution in [1.82, 2.24) is 15.3 Å². The standard InChI is InChI=1S/C13H19N3O5/c1-12(2,10(19)20)13(3,4)16-9(18)6-7-5-8(17)15-11(21)14-7/h5H,6H2,1-4H3,(H,16,18)(H,19,20)(H2,14,15,17,21). The van der Waals surface area contributed by atoms with Crippen LogP contribution in [-0.2, 0) is 16.0 Å². The van der Waals surface area contributed by atoms with Crippen molar-refractivity contribution in [3.8, 4) is 0 Å². The molecule has 0 saturated heterocycles. The maximum absolute atomic E-state index is 12.0. The second-order valence-electron chi connectivity index (χ2n) is 5.89.